The van der Waals surface area contributed by atoms with Crippen LogP contribution >= 0.6 is 0 Å². The van der Waals surface area contributed by atoms with Gasteiger partial charge in [0, 0.05) is 31.7 Å². The Morgan fingerprint density at radius 2 is 2.27 bits per heavy atom. The lowest BCUT2D eigenvalue weighted by molar-refractivity contribution is 0.0618. The third-order valence-corrected chi connectivity index (χ3v) is 3.71. The van der Waals surface area contributed by atoms with Gasteiger partial charge in [-0.1, -0.05) is 0 Å². The van der Waals surface area contributed by atoms with Crippen molar-refractivity contribution in [3.8, 4) is 0 Å². The number of likely N-dealkylation sites (tertiary alicyclic amines) is 1. The highest BCUT2D eigenvalue weighted by molar-refractivity contribution is 4.88. The first-order valence-corrected chi connectivity index (χ1v) is 5.80. The van der Waals surface area contributed by atoms with Crippen LogP contribution in [0.25, 0.3) is 0 Å². The number of aliphatic hydroxyl groups excluding tert-OH is 2. The van der Waals surface area contributed by atoms with E-state index in [1.807, 2.05) is 0 Å². The lowest BCUT2D eigenvalue weighted by atomic mass is 9.88. The first-order valence-electron chi connectivity index (χ1n) is 5.80. The normalized spacial score (nSPS) is 37.6. The van der Waals surface area contributed by atoms with E-state index in [1.54, 1.807) is 0 Å². The molecule has 2 saturated heterocycles. The quantitative estimate of drug-likeness (QED) is 0.676. The Balaban J connectivity index is 1.85. The van der Waals surface area contributed by atoms with Crippen molar-refractivity contribution in [2.45, 2.75) is 12.8 Å². The van der Waals surface area contributed by atoms with Gasteiger partial charge in [-0.25, -0.2) is 0 Å². The van der Waals surface area contributed by atoms with Crippen LogP contribution in [-0.4, -0.2) is 61.2 Å². The van der Waals surface area contributed by atoms with E-state index in [9.17, 15) is 5.11 Å². The van der Waals surface area contributed by atoms with Gasteiger partial charge in [-0.3, -0.25) is 0 Å². The predicted molar refractivity (Wildman–Crippen MR) is 56.6 cm³/mol. The van der Waals surface area contributed by atoms with Crippen molar-refractivity contribution in [3.05, 3.63) is 0 Å². The summed E-state index contributed by atoms with van der Waals surface area (Å²) in [4.78, 5) is 2.35. The van der Waals surface area contributed by atoms with Crippen LogP contribution in [0.5, 0.6) is 0 Å². The Bertz CT molecular complexity index is 204. The second-order valence-electron chi connectivity index (χ2n) is 5.03. The smallest absolute Gasteiger partial charge is 0.0557 e. The molecule has 2 N–H and O–H groups in total. The molecule has 2 aliphatic rings. The molecule has 0 radical (unpaired) electrons. The van der Waals surface area contributed by atoms with Crippen molar-refractivity contribution in [2.24, 2.45) is 11.3 Å². The molecule has 2 heterocycles. The average molecular weight is 215 g/mol. The fraction of sp³-hybridized carbons (Fsp3) is 1.00. The minimum Gasteiger partial charge on any atom is -0.396 e. The molecule has 15 heavy (non-hydrogen) atoms. The van der Waals surface area contributed by atoms with Gasteiger partial charge >= 0.3 is 0 Å². The van der Waals surface area contributed by atoms with Crippen LogP contribution in [0.3, 0.4) is 0 Å². The minimum absolute atomic E-state index is 0.0374. The Hall–Kier alpha value is -0.160. The van der Waals surface area contributed by atoms with Crippen molar-refractivity contribution in [3.63, 3.8) is 0 Å². The van der Waals surface area contributed by atoms with Crippen molar-refractivity contribution in [2.75, 3.05) is 46.1 Å². The molecule has 0 amide bonds. The summed E-state index contributed by atoms with van der Waals surface area (Å²) in [5.74, 6) is 0.433. The van der Waals surface area contributed by atoms with E-state index in [0.717, 1.165) is 39.1 Å². The lowest BCUT2D eigenvalue weighted by Gasteiger charge is -2.30. The molecule has 4 heteroatoms. The first kappa shape index (κ1) is 11.3. The monoisotopic (exact) mass is 215 g/mol. The number of ether oxygens (including phenoxy) is 1. The molecule has 2 fully saturated rings. The summed E-state index contributed by atoms with van der Waals surface area (Å²) in [7, 11) is 0. The van der Waals surface area contributed by atoms with Gasteiger partial charge in [0.15, 0.2) is 0 Å². The van der Waals surface area contributed by atoms with Crippen LogP contribution < -0.4 is 0 Å². The number of aliphatic hydroxyl groups is 2. The van der Waals surface area contributed by atoms with E-state index in [-0.39, 0.29) is 12.0 Å². The van der Waals surface area contributed by atoms with Crippen LogP contribution in [0.2, 0.25) is 0 Å². The van der Waals surface area contributed by atoms with E-state index < -0.39 is 0 Å². The number of hydrogen-bond donors (Lipinski definition) is 2. The van der Waals surface area contributed by atoms with Gasteiger partial charge in [-0.05, 0) is 25.3 Å². The van der Waals surface area contributed by atoms with Crippen LogP contribution in [-0.2, 0) is 4.74 Å². The summed E-state index contributed by atoms with van der Waals surface area (Å²) >= 11 is 0. The van der Waals surface area contributed by atoms with Gasteiger partial charge < -0.3 is 19.8 Å². The third kappa shape index (κ3) is 2.50. The molecule has 0 spiro atoms. The second-order valence-corrected chi connectivity index (χ2v) is 5.03. The SMILES string of the molecule is OCC1CCN(CC2(CO)CCOC2)C1. The van der Waals surface area contributed by atoms with Gasteiger partial charge in [0.1, 0.15) is 0 Å². The molecule has 0 aromatic rings. The molecule has 0 bridgehead atoms. The van der Waals surface area contributed by atoms with E-state index in [2.05, 4.69) is 4.90 Å². The number of nitrogens with zero attached hydrogens (tertiary/aromatic N) is 1. The van der Waals surface area contributed by atoms with Gasteiger partial charge in [-0.15, -0.1) is 0 Å². The van der Waals surface area contributed by atoms with Crippen LogP contribution in [0.15, 0.2) is 0 Å². The zero-order valence-electron chi connectivity index (χ0n) is 9.19. The number of rotatable bonds is 4. The molecule has 2 atom stereocenters. The highest BCUT2D eigenvalue weighted by Gasteiger charge is 2.37. The number of hydrogen-bond acceptors (Lipinski definition) is 4. The molecule has 88 valence electrons. The molecular formula is C11H21NO3. The van der Waals surface area contributed by atoms with Crippen molar-refractivity contribution in [1.82, 2.24) is 4.90 Å². The van der Waals surface area contributed by atoms with Gasteiger partial charge in [0.2, 0.25) is 0 Å². The fourth-order valence-electron chi connectivity index (χ4n) is 2.63. The van der Waals surface area contributed by atoms with E-state index in [0.29, 0.717) is 19.1 Å². The first-order chi connectivity index (χ1) is 7.28. The summed E-state index contributed by atoms with van der Waals surface area (Å²) in [6.07, 6.45) is 2.04. The van der Waals surface area contributed by atoms with Crippen molar-refractivity contribution < 1.29 is 14.9 Å². The van der Waals surface area contributed by atoms with Gasteiger partial charge in [0.25, 0.3) is 0 Å². The lowest BCUT2D eigenvalue weighted by Crippen LogP contribution is -2.40. The van der Waals surface area contributed by atoms with Crippen molar-refractivity contribution in [1.29, 1.82) is 0 Å². The van der Waals surface area contributed by atoms with Crippen LogP contribution in [0.4, 0.5) is 0 Å². The third-order valence-electron chi connectivity index (χ3n) is 3.71. The maximum atomic E-state index is 9.44. The molecule has 0 aromatic carbocycles. The van der Waals surface area contributed by atoms with E-state index in [4.69, 9.17) is 9.84 Å². The summed E-state index contributed by atoms with van der Waals surface area (Å²) in [5.41, 5.74) is -0.0374. The van der Waals surface area contributed by atoms with Crippen molar-refractivity contribution >= 4 is 0 Å². The zero-order valence-corrected chi connectivity index (χ0v) is 9.19. The minimum atomic E-state index is -0.0374. The van der Waals surface area contributed by atoms with E-state index >= 15 is 0 Å². The Morgan fingerprint density at radius 1 is 1.40 bits per heavy atom. The predicted octanol–water partition coefficient (Wildman–Crippen LogP) is -0.300. The maximum Gasteiger partial charge on any atom is 0.0557 e. The summed E-state index contributed by atoms with van der Waals surface area (Å²) in [6, 6.07) is 0. The molecule has 0 aliphatic carbocycles. The molecule has 0 aromatic heterocycles. The van der Waals surface area contributed by atoms with Crippen LogP contribution in [0.1, 0.15) is 12.8 Å². The van der Waals surface area contributed by atoms with Crippen LogP contribution in [0, 0.1) is 11.3 Å². The Kier molecular flexibility index (Phi) is 3.61. The molecule has 2 rings (SSSR count). The molecule has 2 aliphatic heterocycles. The van der Waals surface area contributed by atoms with Gasteiger partial charge in [0.05, 0.1) is 13.2 Å². The highest BCUT2D eigenvalue weighted by atomic mass is 16.5. The largest absolute Gasteiger partial charge is 0.396 e. The standard InChI is InChI=1S/C11H21NO3/c13-6-10-1-3-12(5-10)7-11(8-14)2-4-15-9-11/h10,13-14H,1-9H2. The zero-order chi connectivity index (χ0) is 10.7. The molecule has 2 unspecified atom stereocenters. The molecular weight excluding hydrogens is 194 g/mol. The summed E-state index contributed by atoms with van der Waals surface area (Å²) in [5, 5.41) is 18.5. The molecule has 4 nitrogen and oxygen atoms in total. The topological polar surface area (TPSA) is 52.9 Å². The Morgan fingerprint density at radius 3 is 2.80 bits per heavy atom. The maximum absolute atomic E-state index is 9.44. The molecule has 0 saturated carbocycles. The average Bonchev–Trinajstić information content (AvgIpc) is 2.88. The second kappa shape index (κ2) is 4.78. The summed E-state index contributed by atoms with van der Waals surface area (Å²) < 4.78 is 5.38. The fourth-order valence-corrected chi connectivity index (χ4v) is 2.63. The Labute approximate surface area is 90.8 Å². The summed E-state index contributed by atoms with van der Waals surface area (Å²) in [6.45, 7) is 4.90. The highest BCUT2D eigenvalue weighted by Crippen LogP contribution is 2.31. The van der Waals surface area contributed by atoms with Gasteiger partial charge in [-0.2, -0.15) is 0 Å². The van der Waals surface area contributed by atoms with E-state index in [1.165, 1.54) is 0 Å².